The van der Waals surface area contributed by atoms with E-state index in [2.05, 4.69) is 36.0 Å². The number of rotatable bonds is 5. The minimum absolute atomic E-state index is 0.727. The highest BCUT2D eigenvalue weighted by Crippen LogP contribution is 2.26. The molecule has 124 valence electrons. The van der Waals surface area contributed by atoms with E-state index in [1.165, 1.54) is 77.5 Å². The molecule has 3 nitrogen and oxygen atoms in total. The van der Waals surface area contributed by atoms with Gasteiger partial charge < -0.3 is 10.2 Å². The molecular weight excluding hydrogens is 258 g/mol. The van der Waals surface area contributed by atoms with Gasteiger partial charge in [-0.2, -0.15) is 0 Å². The zero-order valence-corrected chi connectivity index (χ0v) is 14.6. The van der Waals surface area contributed by atoms with Gasteiger partial charge in [0.2, 0.25) is 0 Å². The molecule has 3 unspecified atom stereocenters. The highest BCUT2D eigenvalue weighted by atomic mass is 15.3. The summed E-state index contributed by atoms with van der Waals surface area (Å²) in [5, 5.41) is 3.88. The van der Waals surface area contributed by atoms with Crippen LogP contribution in [0, 0.1) is 0 Å². The predicted molar refractivity (Wildman–Crippen MR) is 91.9 cm³/mol. The van der Waals surface area contributed by atoms with E-state index in [4.69, 9.17) is 0 Å². The highest BCUT2D eigenvalue weighted by Gasteiger charge is 2.33. The number of nitrogens with zero attached hydrogens (tertiary/aromatic N) is 2. The molecule has 0 spiro atoms. The van der Waals surface area contributed by atoms with Gasteiger partial charge in [-0.25, -0.2) is 0 Å². The molecule has 0 bridgehead atoms. The molecule has 2 fully saturated rings. The second-order valence-corrected chi connectivity index (χ2v) is 7.18. The first-order chi connectivity index (χ1) is 10.3. The maximum Gasteiger partial charge on any atom is 0.0252 e. The van der Waals surface area contributed by atoms with Crippen molar-refractivity contribution < 1.29 is 0 Å². The maximum absolute atomic E-state index is 3.88. The molecule has 1 saturated carbocycles. The fraction of sp³-hybridized carbons (Fsp3) is 1.00. The third-order valence-corrected chi connectivity index (χ3v) is 5.48. The molecule has 1 aliphatic carbocycles. The van der Waals surface area contributed by atoms with Crippen molar-refractivity contribution >= 4 is 0 Å². The van der Waals surface area contributed by atoms with E-state index >= 15 is 0 Å². The van der Waals surface area contributed by atoms with Crippen molar-refractivity contribution in [2.45, 2.75) is 83.3 Å². The Morgan fingerprint density at radius 1 is 1.00 bits per heavy atom. The Bertz CT molecular complexity index is 282. The van der Waals surface area contributed by atoms with Crippen molar-refractivity contribution in [2.75, 3.05) is 33.2 Å². The summed E-state index contributed by atoms with van der Waals surface area (Å²) in [5.74, 6) is 0. The lowest BCUT2D eigenvalue weighted by atomic mass is 9.98. The molecular formula is C18H37N3. The summed E-state index contributed by atoms with van der Waals surface area (Å²) in [7, 11) is 2.30. The minimum Gasteiger partial charge on any atom is -0.312 e. The first-order valence-electron chi connectivity index (χ1n) is 9.44. The van der Waals surface area contributed by atoms with Gasteiger partial charge in [-0.05, 0) is 52.2 Å². The monoisotopic (exact) mass is 295 g/mol. The third kappa shape index (κ3) is 4.94. The van der Waals surface area contributed by atoms with Crippen molar-refractivity contribution in [3.05, 3.63) is 0 Å². The summed E-state index contributed by atoms with van der Waals surface area (Å²) >= 11 is 0. The number of nitrogens with one attached hydrogen (secondary N) is 1. The largest absolute Gasteiger partial charge is 0.312 e. The topological polar surface area (TPSA) is 18.5 Å². The standard InChI is InChI=1S/C18H37N3/c1-4-12-19-17-10-7-6-8-11-18(17)21-14-9-13-20(3)15-16(21)5-2/h16-19H,4-15H2,1-3H3. The number of hydrogen-bond donors (Lipinski definition) is 1. The first-order valence-corrected chi connectivity index (χ1v) is 9.44. The smallest absolute Gasteiger partial charge is 0.0252 e. The lowest BCUT2D eigenvalue weighted by Gasteiger charge is -2.41. The Morgan fingerprint density at radius 3 is 2.57 bits per heavy atom. The van der Waals surface area contributed by atoms with Crippen LogP contribution in [0.1, 0.15) is 65.2 Å². The average molecular weight is 296 g/mol. The Kier molecular flexibility index (Phi) is 7.48. The van der Waals surface area contributed by atoms with Crippen LogP contribution >= 0.6 is 0 Å². The molecule has 1 N–H and O–H groups in total. The molecule has 0 aromatic heterocycles. The van der Waals surface area contributed by atoms with Gasteiger partial charge in [-0.15, -0.1) is 0 Å². The Hall–Kier alpha value is -0.120. The van der Waals surface area contributed by atoms with Gasteiger partial charge in [0.05, 0.1) is 0 Å². The molecule has 1 saturated heterocycles. The second kappa shape index (κ2) is 9.12. The lowest BCUT2D eigenvalue weighted by Crippen LogP contribution is -2.54. The zero-order valence-electron chi connectivity index (χ0n) is 14.6. The SMILES string of the molecule is CCCNC1CCCCCC1N1CCCN(C)CC1CC. The molecule has 0 amide bonds. The summed E-state index contributed by atoms with van der Waals surface area (Å²) in [6.45, 7) is 9.68. The van der Waals surface area contributed by atoms with Crippen LogP contribution in [0.3, 0.4) is 0 Å². The summed E-state index contributed by atoms with van der Waals surface area (Å²) in [4.78, 5) is 5.43. The summed E-state index contributed by atoms with van der Waals surface area (Å²) in [6.07, 6.45) is 11.0. The molecule has 0 aromatic carbocycles. The highest BCUT2D eigenvalue weighted by molar-refractivity contribution is 4.91. The van der Waals surface area contributed by atoms with E-state index in [1.807, 2.05) is 0 Å². The molecule has 1 aliphatic heterocycles. The van der Waals surface area contributed by atoms with Gasteiger partial charge in [-0.3, -0.25) is 4.90 Å². The van der Waals surface area contributed by atoms with Crippen molar-refractivity contribution in [3.63, 3.8) is 0 Å². The Balaban J connectivity index is 2.08. The molecule has 0 radical (unpaired) electrons. The maximum atomic E-state index is 3.88. The van der Waals surface area contributed by atoms with Gasteiger partial charge in [0.15, 0.2) is 0 Å². The summed E-state index contributed by atoms with van der Waals surface area (Å²) < 4.78 is 0. The molecule has 1 heterocycles. The molecule has 3 atom stereocenters. The van der Waals surface area contributed by atoms with Crippen molar-refractivity contribution in [1.29, 1.82) is 0 Å². The van der Waals surface area contributed by atoms with Crippen LogP contribution in [0.4, 0.5) is 0 Å². The van der Waals surface area contributed by atoms with Gasteiger partial charge in [0.1, 0.15) is 0 Å². The molecule has 2 rings (SSSR count). The normalized spacial score (nSPS) is 33.6. The van der Waals surface area contributed by atoms with Crippen LogP contribution in [0.5, 0.6) is 0 Å². The van der Waals surface area contributed by atoms with E-state index in [1.54, 1.807) is 0 Å². The number of likely N-dealkylation sites (N-methyl/N-ethyl adjacent to an activating group) is 1. The third-order valence-electron chi connectivity index (χ3n) is 5.48. The fourth-order valence-electron chi connectivity index (χ4n) is 4.31. The van der Waals surface area contributed by atoms with Gasteiger partial charge in [-0.1, -0.05) is 33.1 Å². The van der Waals surface area contributed by atoms with Crippen LogP contribution in [-0.4, -0.2) is 61.2 Å². The van der Waals surface area contributed by atoms with Gasteiger partial charge in [0, 0.05) is 31.2 Å². The minimum atomic E-state index is 0.727. The molecule has 3 heteroatoms. The summed E-state index contributed by atoms with van der Waals surface area (Å²) in [6, 6.07) is 2.26. The van der Waals surface area contributed by atoms with E-state index < -0.39 is 0 Å². The van der Waals surface area contributed by atoms with E-state index in [0.717, 1.165) is 18.1 Å². The zero-order chi connectivity index (χ0) is 15.1. The van der Waals surface area contributed by atoms with Gasteiger partial charge >= 0.3 is 0 Å². The van der Waals surface area contributed by atoms with Crippen molar-refractivity contribution in [2.24, 2.45) is 0 Å². The van der Waals surface area contributed by atoms with Crippen LogP contribution < -0.4 is 5.32 Å². The Labute approximate surface area is 132 Å². The van der Waals surface area contributed by atoms with Crippen LogP contribution in [-0.2, 0) is 0 Å². The van der Waals surface area contributed by atoms with Gasteiger partial charge in [0.25, 0.3) is 0 Å². The number of hydrogen-bond acceptors (Lipinski definition) is 3. The fourth-order valence-corrected chi connectivity index (χ4v) is 4.31. The first kappa shape index (κ1) is 17.2. The average Bonchev–Trinajstić information content (AvgIpc) is 2.82. The van der Waals surface area contributed by atoms with Crippen molar-refractivity contribution in [1.82, 2.24) is 15.1 Å². The van der Waals surface area contributed by atoms with E-state index in [-0.39, 0.29) is 0 Å². The Morgan fingerprint density at radius 2 is 1.81 bits per heavy atom. The lowest BCUT2D eigenvalue weighted by molar-refractivity contribution is 0.0951. The molecule has 2 aliphatic rings. The molecule has 0 aromatic rings. The molecule has 21 heavy (non-hydrogen) atoms. The predicted octanol–water partition coefficient (Wildman–Crippen LogP) is 3.10. The summed E-state index contributed by atoms with van der Waals surface area (Å²) in [5.41, 5.74) is 0. The van der Waals surface area contributed by atoms with Crippen molar-refractivity contribution in [3.8, 4) is 0 Å². The van der Waals surface area contributed by atoms with E-state index in [9.17, 15) is 0 Å². The van der Waals surface area contributed by atoms with E-state index in [0.29, 0.717) is 0 Å². The quantitative estimate of drug-likeness (QED) is 0.786. The van der Waals surface area contributed by atoms with Crippen LogP contribution in [0.15, 0.2) is 0 Å². The second-order valence-electron chi connectivity index (χ2n) is 7.18. The van der Waals surface area contributed by atoms with Crippen LogP contribution in [0.25, 0.3) is 0 Å². The van der Waals surface area contributed by atoms with Crippen LogP contribution in [0.2, 0.25) is 0 Å².